The zero-order chi connectivity index (χ0) is 22.1. The number of methoxy groups -OCH3 is 1. The normalized spacial score (nSPS) is 20.4. The third kappa shape index (κ3) is 3.64. The number of hydrogen-bond donors (Lipinski definition) is 2. The molecule has 1 aliphatic rings. The van der Waals surface area contributed by atoms with Gasteiger partial charge in [-0.2, -0.15) is 0 Å². The molecule has 160 valence electrons. The number of alkyl halides is 3. The molecule has 0 saturated carbocycles. The Kier molecular flexibility index (Phi) is 5.59. The van der Waals surface area contributed by atoms with E-state index in [0.29, 0.717) is 12.1 Å². The van der Waals surface area contributed by atoms with E-state index in [2.05, 4.69) is 20.3 Å². The number of anilines is 1. The topological polar surface area (TPSA) is 102 Å². The van der Waals surface area contributed by atoms with Crippen LogP contribution in [0.1, 0.15) is 28.9 Å². The average molecular weight is 429 g/mol. The Balaban J connectivity index is 2.03. The highest BCUT2D eigenvalue weighted by Crippen LogP contribution is 2.48. The number of amidine groups is 1. The largest absolute Gasteiger partial charge is 0.480 e. The first kappa shape index (κ1) is 21.4. The van der Waals surface area contributed by atoms with Crippen molar-refractivity contribution in [2.45, 2.75) is 24.3 Å². The second-order valence-electron chi connectivity index (χ2n) is 6.52. The van der Waals surface area contributed by atoms with Crippen LogP contribution >= 0.6 is 0 Å². The molecule has 0 saturated heterocycles. The molecule has 1 unspecified atom stereocenters. The van der Waals surface area contributed by atoms with Crippen molar-refractivity contribution in [3.05, 3.63) is 47.4 Å². The number of carbonyl (C=O) groups is 1. The lowest BCUT2D eigenvalue weighted by Gasteiger charge is -2.39. The zero-order valence-corrected chi connectivity index (χ0v) is 15.6. The molecule has 0 radical (unpaired) electrons. The Labute approximate surface area is 167 Å². The second-order valence-corrected chi connectivity index (χ2v) is 6.52. The minimum Gasteiger partial charge on any atom is -0.480 e. The van der Waals surface area contributed by atoms with E-state index < -0.39 is 53.3 Å². The number of nitrogens with one attached hydrogen (secondary N) is 1. The molecule has 1 aromatic carbocycles. The number of nitrogens with zero attached hydrogens (tertiary/aromatic N) is 3. The van der Waals surface area contributed by atoms with Crippen molar-refractivity contribution >= 4 is 17.4 Å². The van der Waals surface area contributed by atoms with Gasteiger partial charge in [0.1, 0.15) is 12.4 Å². The first-order valence-corrected chi connectivity index (χ1v) is 8.58. The highest BCUT2D eigenvalue weighted by molar-refractivity contribution is 6.02. The van der Waals surface area contributed by atoms with E-state index in [0.717, 1.165) is 12.4 Å². The van der Waals surface area contributed by atoms with Crippen molar-refractivity contribution in [2.75, 3.05) is 19.1 Å². The molecule has 1 atom stereocenters. The number of rotatable bonds is 5. The van der Waals surface area contributed by atoms with Gasteiger partial charge in [0.05, 0.1) is 25.3 Å². The van der Waals surface area contributed by atoms with E-state index in [4.69, 9.17) is 10.5 Å². The van der Waals surface area contributed by atoms with Gasteiger partial charge in [-0.3, -0.25) is 9.79 Å². The number of ether oxygens (including phenoxy) is 1. The van der Waals surface area contributed by atoms with Gasteiger partial charge in [0.15, 0.2) is 17.2 Å². The predicted octanol–water partition coefficient (Wildman–Crippen LogP) is 2.97. The van der Waals surface area contributed by atoms with Crippen molar-refractivity contribution in [3.8, 4) is 5.88 Å². The van der Waals surface area contributed by atoms with Gasteiger partial charge in [0.2, 0.25) is 5.88 Å². The molecular weight excluding hydrogens is 413 g/mol. The highest BCUT2D eigenvalue weighted by Gasteiger charge is 2.58. The maximum atomic E-state index is 14.6. The number of carbonyl (C=O) groups excluding carboxylic acids is 1. The highest BCUT2D eigenvalue weighted by atomic mass is 19.3. The molecule has 1 aromatic heterocycles. The number of halogens is 5. The van der Waals surface area contributed by atoms with Gasteiger partial charge in [-0.25, -0.2) is 31.9 Å². The van der Waals surface area contributed by atoms with E-state index in [9.17, 15) is 26.7 Å². The van der Waals surface area contributed by atoms with E-state index >= 15 is 0 Å². The Morgan fingerprint density at radius 2 is 2.00 bits per heavy atom. The summed E-state index contributed by atoms with van der Waals surface area (Å²) in [5, 5.41) is 2.19. The molecule has 30 heavy (non-hydrogen) atoms. The van der Waals surface area contributed by atoms with Gasteiger partial charge in [-0.1, -0.05) is 0 Å². The van der Waals surface area contributed by atoms with Gasteiger partial charge in [-0.15, -0.1) is 0 Å². The molecule has 1 amide bonds. The summed E-state index contributed by atoms with van der Waals surface area (Å²) in [6.07, 6.45) is 0.971. The molecule has 12 heteroatoms. The number of amides is 1. The van der Waals surface area contributed by atoms with Gasteiger partial charge in [-0.05, 0) is 6.07 Å². The van der Waals surface area contributed by atoms with Gasteiger partial charge in [0.25, 0.3) is 11.8 Å². The van der Waals surface area contributed by atoms with Crippen molar-refractivity contribution in [1.29, 1.82) is 0 Å². The Hall–Kier alpha value is -3.31. The lowest BCUT2D eigenvalue weighted by molar-refractivity contribution is -0.0960. The van der Waals surface area contributed by atoms with Crippen LogP contribution in [0, 0.1) is 11.6 Å². The van der Waals surface area contributed by atoms with Gasteiger partial charge < -0.3 is 15.8 Å². The summed E-state index contributed by atoms with van der Waals surface area (Å²) in [7, 11) is 1.34. The van der Waals surface area contributed by atoms with Crippen LogP contribution in [0.5, 0.6) is 5.88 Å². The Morgan fingerprint density at radius 3 is 2.60 bits per heavy atom. The molecule has 3 rings (SSSR count). The Bertz CT molecular complexity index is 999. The molecule has 7 nitrogen and oxygen atoms in total. The number of benzene rings is 1. The van der Waals surface area contributed by atoms with E-state index in [1.54, 1.807) is 0 Å². The fourth-order valence-corrected chi connectivity index (χ4v) is 3.03. The minimum absolute atomic E-state index is 0.126. The lowest BCUT2D eigenvalue weighted by Crippen LogP contribution is -2.51. The molecule has 0 spiro atoms. The first-order valence-electron chi connectivity index (χ1n) is 8.58. The second kappa shape index (κ2) is 7.84. The maximum Gasteiger partial charge on any atom is 0.280 e. The Morgan fingerprint density at radius 1 is 1.27 bits per heavy atom. The summed E-state index contributed by atoms with van der Waals surface area (Å²) in [5.74, 6) is -8.22. The summed E-state index contributed by atoms with van der Waals surface area (Å²) in [4.78, 5) is 23.3. The van der Waals surface area contributed by atoms with E-state index in [1.165, 1.54) is 7.11 Å². The average Bonchev–Trinajstić information content (AvgIpc) is 2.72. The SMILES string of the molecule is COc1cnc(C(=O)Nc2cc(F)c(F)c(C3(CF)N=C(N)CCC3(F)F)c2)cn1. The molecule has 0 bridgehead atoms. The van der Waals surface area contributed by atoms with Crippen LogP contribution in [0.2, 0.25) is 0 Å². The van der Waals surface area contributed by atoms with Gasteiger partial charge in [0, 0.05) is 30.2 Å². The zero-order valence-electron chi connectivity index (χ0n) is 15.6. The van der Waals surface area contributed by atoms with Crippen LogP contribution in [-0.2, 0) is 5.54 Å². The minimum atomic E-state index is -3.85. The molecule has 2 heterocycles. The number of nitrogens with two attached hydrogens (primary N) is 1. The van der Waals surface area contributed by atoms with Crippen LogP contribution in [0.15, 0.2) is 29.5 Å². The van der Waals surface area contributed by atoms with Gasteiger partial charge >= 0.3 is 0 Å². The summed E-state index contributed by atoms with van der Waals surface area (Å²) in [6, 6.07) is 1.26. The third-order valence-corrected chi connectivity index (χ3v) is 4.63. The summed E-state index contributed by atoms with van der Waals surface area (Å²) in [6.45, 7) is -1.83. The molecule has 3 N–H and O–H groups in total. The van der Waals surface area contributed by atoms with Crippen LogP contribution in [0.4, 0.5) is 27.6 Å². The van der Waals surface area contributed by atoms with Crippen molar-refractivity contribution in [3.63, 3.8) is 0 Å². The summed E-state index contributed by atoms with van der Waals surface area (Å²) in [5.41, 5.74) is 0.750. The van der Waals surface area contributed by atoms with Crippen LogP contribution in [-0.4, -0.2) is 41.4 Å². The van der Waals surface area contributed by atoms with E-state index in [1.807, 2.05) is 0 Å². The molecule has 1 aliphatic heterocycles. The lowest BCUT2D eigenvalue weighted by atomic mass is 9.80. The number of aliphatic imine (C=N–C) groups is 1. The van der Waals surface area contributed by atoms with Crippen LogP contribution in [0.25, 0.3) is 0 Å². The smallest absolute Gasteiger partial charge is 0.280 e. The monoisotopic (exact) mass is 429 g/mol. The van der Waals surface area contributed by atoms with Crippen molar-refractivity contribution in [2.24, 2.45) is 10.7 Å². The summed E-state index contributed by atoms with van der Waals surface area (Å²) >= 11 is 0. The quantitative estimate of drug-likeness (QED) is 0.712. The molecule has 2 aromatic rings. The first-order chi connectivity index (χ1) is 14.1. The van der Waals surface area contributed by atoms with E-state index in [-0.39, 0.29) is 23.8 Å². The van der Waals surface area contributed by atoms with Crippen molar-refractivity contribution in [1.82, 2.24) is 9.97 Å². The third-order valence-electron chi connectivity index (χ3n) is 4.63. The summed E-state index contributed by atoms with van der Waals surface area (Å²) < 4.78 is 76.6. The fourth-order valence-electron chi connectivity index (χ4n) is 3.03. The van der Waals surface area contributed by atoms with Crippen LogP contribution in [0.3, 0.4) is 0 Å². The predicted molar refractivity (Wildman–Crippen MR) is 96.4 cm³/mol. The fraction of sp³-hybridized carbons (Fsp3) is 0.333. The maximum absolute atomic E-state index is 14.6. The molecular formula is C18H16F5N5O2. The number of aromatic nitrogens is 2. The van der Waals surface area contributed by atoms with Crippen molar-refractivity contribution < 1.29 is 31.5 Å². The standard InChI is InChI=1S/C18H16F5N5O2/c1-30-14-7-25-12(6-26-14)16(29)27-9-4-10(15(21)11(20)5-9)17(8-19)18(22,23)3-2-13(24)28-17/h4-7H,2-3,8H2,1H3,(H2,24,28)(H,27,29). The van der Waals surface area contributed by atoms with Crippen LogP contribution < -0.4 is 15.8 Å². The molecule has 0 aliphatic carbocycles. The number of hydrogen-bond acceptors (Lipinski definition) is 6. The molecule has 0 fully saturated rings.